The highest BCUT2D eigenvalue weighted by Crippen LogP contribution is 2.31. The first-order chi connectivity index (χ1) is 10.4. The third-order valence-electron chi connectivity index (χ3n) is 2.96. The molecule has 0 heterocycles. The van der Waals surface area contributed by atoms with Crippen LogP contribution in [0, 0.1) is 17.0 Å². The van der Waals surface area contributed by atoms with Crippen LogP contribution in [-0.2, 0) is 11.4 Å². The highest BCUT2D eigenvalue weighted by Gasteiger charge is 2.20. The number of halogens is 1. The van der Waals surface area contributed by atoms with Crippen molar-refractivity contribution in [2.45, 2.75) is 16.7 Å². The van der Waals surface area contributed by atoms with E-state index in [4.69, 9.17) is 11.6 Å². The molecule has 0 spiro atoms. The summed E-state index contributed by atoms with van der Waals surface area (Å²) in [6.07, 6.45) is 1.90. The molecule has 0 aliphatic carbocycles. The summed E-state index contributed by atoms with van der Waals surface area (Å²) in [5, 5.41) is 11.5. The fourth-order valence-corrected chi connectivity index (χ4v) is 3.49. The van der Waals surface area contributed by atoms with Crippen molar-refractivity contribution >= 4 is 46.1 Å². The minimum atomic E-state index is -1.62. The van der Waals surface area contributed by atoms with Gasteiger partial charge in [0, 0.05) is 15.5 Å². The molecule has 0 radical (unpaired) electrons. The maximum atomic E-state index is 12.4. The number of nitro groups is 1. The molecule has 5 nitrogen and oxygen atoms in total. The Morgan fingerprint density at radius 2 is 2.00 bits per heavy atom. The van der Waals surface area contributed by atoms with E-state index in [2.05, 4.69) is 4.72 Å². The van der Waals surface area contributed by atoms with Gasteiger partial charge in [-0.15, -0.1) is 11.8 Å². The molecule has 0 amide bonds. The van der Waals surface area contributed by atoms with Crippen LogP contribution in [-0.4, -0.2) is 15.7 Å². The Balaban J connectivity index is 2.30. The van der Waals surface area contributed by atoms with Gasteiger partial charge in [0.25, 0.3) is 5.69 Å². The van der Waals surface area contributed by atoms with Crippen LogP contribution in [0.15, 0.2) is 46.2 Å². The second kappa shape index (κ2) is 7.23. The number of hydrogen-bond acceptors (Lipinski definition) is 5. The zero-order chi connectivity index (χ0) is 16.3. The van der Waals surface area contributed by atoms with Crippen molar-refractivity contribution in [2.75, 3.05) is 11.0 Å². The largest absolute Gasteiger partial charge is 0.588 e. The summed E-state index contributed by atoms with van der Waals surface area (Å²) >= 11 is 5.83. The van der Waals surface area contributed by atoms with E-state index in [0.29, 0.717) is 21.2 Å². The van der Waals surface area contributed by atoms with E-state index in [0.717, 1.165) is 4.90 Å². The number of nitrogens with zero attached hydrogens (tertiary/aromatic N) is 1. The van der Waals surface area contributed by atoms with Gasteiger partial charge in [-0.25, -0.2) is 4.72 Å². The average molecular weight is 357 g/mol. The summed E-state index contributed by atoms with van der Waals surface area (Å²) in [7, 11) is 0. The molecule has 8 heteroatoms. The number of nitrogens with one attached hydrogen (secondary N) is 1. The Morgan fingerprint density at radius 3 is 2.64 bits per heavy atom. The lowest BCUT2D eigenvalue weighted by molar-refractivity contribution is -0.385. The molecule has 0 aliphatic heterocycles. The van der Waals surface area contributed by atoms with Gasteiger partial charge in [-0.05, 0) is 43.5 Å². The lowest BCUT2D eigenvalue weighted by Crippen LogP contribution is -2.14. The summed E-state index contributed by atoms with van der Waals surface area (Å²) in [6.45, 7) is 1.64. The quantitative estimate of drug-likeness (QED) is 0.371. The number of thioether (sulfide) groups is 1. The van der Waals surface area contributed by atoms with Crippen molar-refractivity contribution in [1.82, 2.24) is 0 Å². The summed E-state index contributed by atoms with van der Waals surface area (Å²) in [5.41, 5.74) is 1.10. The number of aryl methyl sites for hydroxylation is 1. The molecule has 0 saturated heterocycles. The number of benzene rings is 2. The van der Waals surface area contributed by atoms with Crippen LogP contribution >= 0.6 is 23.4 Å². The first-order valence-corrected chi connectivity index (χ1v) is 8.94. The van der Waals surface area contributed by atoms with Gasteiger partial charge < -0.3 is 4.55 Å². The molecule has 0 bridgehead atoms. The molecule has 22 heavy (non-hydrogen) atoms. The Labute approximate surface area is 140 Å². The van der Waals surface area contributed by atoms with E-state index >= 15 is 0 Å². The zero-order valence-electron chi connectivity index (χ0n) is 11.8. The SMILES string of the molecule is CSc1ccc(Cl)cc1N[S+]([O-])c1ccc(C)c([N+](=O)[O-])c1. The maximum absolute atomic E-state index is 12.4. The minimum Gasteiger partial charge on any atom is -0.588 e. The second-order valence-electron chi connectivity index (χ2n) is 4.42. The van der Waals surface area contributed by atoms with Crippen molar-refractivity contribution in [3.05, 3.63) is 57.1 Å². The van der Waals surface area contributed by atoms with Crippen molar-refractivity contribution in [2.24, 2.45) is 0 Å². The number of nitro benzene ring substituents is 1. The van der Waals surface area contributed by atoms with Crippen LogP contribution in [0.1, 0.15) is 5.56 Å². The second-order valence-corrected chi connectivity index (χ2v) is 6.92. The Hall–Kier alpha value is -1.41. The highest BCUT2D eigenvalue weighted by molar-refractivity contribution is 7.99. The third kappa shape index (κ3) is 3.86. The normalized spacial score (nSPS) is 12.0. The maximum Gasteiger partial charge on any atom is 0.277 e. The van der Waals surface area contributed by atoms with E-state index in [1.54, 1.807) is 31.2 Å². The molecule has 1 N–H and O–H groups in total. The molecule has 0 saturated carbocycles. The van der Waals surface area contributed by atoms with Gasteiger partial charge in [0.2, 0.25) is 0 Å². The highest BCUT2D eigenvalue weighted by atomic mass is 35.5. The Kier molecular flexibility index (Phi) is 5.57. The van der Waals surface area contributed by atoms with Crippen LogP contribution in [0.4, 0.5) is 11.4 Å². The fraction of sp³-hybridized carbons (Fsp3) is 0.143. The van der Waals surface area contributed by atoms with Crippen LogP contribution in [0.5, 0.6) is 0 Å². The average Bonchev–Trinajstić information content (AvgIpc) is 2.47. The van der Waals surface area contributed by atoms with Crippen LogP contribution < -0.4 is 4.72 Å². The van der Waals surface area contributed by atoms with Crippen molar-refractivity contribution < 1.29 is 9.48 Å². The molecule has 0 fully saturated rings. The summed E-state index contributed by atoms with van der Waals surface area (Å²) < 4.78 is 15.3. The summed E-state index contributed by atoms with van der Waals surface area (Å²) in [4.78, 5) is 11.7. The molecular formula is C14H13ClN2O3S2. The number of hydrogen-bond donors (Lipinski definition) is 1. The van der Waals surface area contributed by atoms with Gasteiger partial charge in [0.15, 0.2) is 4.90 Å². The predicted molar refractivity (Wildman–Crippen MR) is 91.1 cm³/mol. The minimum absolute atomic E-state index is 0.0520. The lowest BCUT2D eigenvalue weighted by atomic mass is 10.2. The topological polar surface area (TPSA) is 78.2 Å². The molecule has 1 atom stereocenters. The van der Waals surface area contributed by atoms with Gasteiger partial charge in [-0.3, -0.25) is 10.1 Å². The molecule has 1 unspecified atom stereocenters. The van der Waals surface area contributed by atoms with Crippen molar-refractivity contribution in [3.63, 3.8) is 0 Å². The van der Waals surface area contributed by atoms with Gasteiger partial charge in [0.1, 0.15) is 11.4 Å². The van der Waals surface area contributed by atoms with Gasteiger partial charge in [-0.1, -0.05) is 11.6 Å². The number of anilines is 1. The Morgan fingerprint density at radius 1 is 1.27 bits per heavy atom. The standard InChI is InChI=1S/C14H13ClN2O3S2/c1-9-3-5-11(8-13(9)17(18)19)22(20)16-12-7-10(15)4-6-14(12)21-2/h3-8,16H,1-2H3. The van der Waals surface area contributed by atoms with E-state index in [1.807, 2.05) is 12.3 Å². The van der Waals surface area contributed by atoms with E-state index in [9.17, 15) is 14.7 Å². The van der Waals surface area contributed by atoms with Crippen molar-refractivity contribution in [1.29, 1.82) is 0 Å². The van der Waals surface area contributed by atoms with E-state index < -0.39 is 16.3 Å². The zero-order valence-corrected chi connectivity index (χ0v) is 14.2. The van der Waals surface area contributed by atoms with E-state index in [-0.39, 0.29) is 5.69 Å². The van der Waals surface area contributed by atoms with Crippen LogP contribution in [0.2, 0.25) is 5.02 Å². The summed E-state index contributed by atoms with van der Waals surface area (Å²) in [6, 6.07) is 9.76. The number of rotatable bonds is 5. The predicted octanol–water partition coefficient (Wildman–Crippen LogP) is 4.41. The molecule has 2 aromatic carbocycles. The first-order valence-electron chi connectivity index (χ1n) is 6.19. The molecular weight excluding hydrogens is 344 g/mol. The van der Waals surface area contributed by atoms with Gasteiger partial charge in [0.05, 0.1) is 16.7 Å². The van der Waals surface area contributed by atoms with E-state index in [1.165, 1.54) is 17.8 Å². The molecule has 2 rings (SSSR count). The van der Waals surface area contributed by atoms with Gasteiger partial charge in [-0.2, -0.15) is 0 Å². The van der Waals surface area contributed by atoms with Crippen LogP contribution in [0.3, 0.4) is 0 Å². The monoisotopic (exact) mass is 356 g/mol. The third-order valence-corrected chi connectivity index (χ3v) is 5.07. The fourth-order valence-electron chi connectivity index (χ4n) is 1.82. The first kappa shape index (κ1) is 17.0. The smallest absolute Gasteiger partial charge is 0.277 e. The molecule has 116 valence electrons. The summed E-state index contributed by atoms with van der Waals surface area (Å²) in [5.74, 6) is 0. The molecule has 0 aliphatic rings. The molecule has 0 aromatic heterocycles. The Bertz CT molecular complexity index is 712. The van der Waals surface area contributed by atoms with Crippen LogP contribution in [0.25, 0.3) is 0 Å². The van der Waals surface area contributed by atoms with Crippen molar-refractivity contribution in [3.8, 4) is 0 Å². The van der Waals surface area contributed by atoms with Gasteiger partial charge >= 0.3 is 0 Å². The lowest BCUT2D eigenvalue weighted by Gasteiger charge is -2.14. The molecule has 2 aromatic rings.